The third kappa shape index (κ3) is 2.08. The highest BCUT2D eigenvalue weighted by atomic mass is 16.5. The molecule has 1 heterocycles. The Hall–Kier alpha value is -2.17. The lowest BCUT2D eigenvalue weighted by Gasteiger charge is -2.04. The number of benzene rings is 1. The van der Waals surface area contributed by atoms with Crippen LogP contribution in [-0.2, 0) is 6.42 Å². The van der Waals surface area contributed by atoms with Crippen molar-refractivity contribution in [1.82, 2.24) is 10.1 Å². The fourth-order valence-electron chi connectivity index (χ4n) is 1.40. The van der Waals surface area contributed by atoms with Crippen molar-refractivity contribution in [2.45, 2.75) is 6.42 Å². The van der Waals surface area contributed by atoms with E-state index in [2.05, 4.69) is 10.1 Å². The van der Waals surface area contributed by atoms with Crippen molar-refractivity contribution in [3.63, 3.8) is 0 Å². The molecule has 0 N–H and O–H groups in total. The summed E-state index contributed by atoms with van der Waals surface area (Å²) in [7, 11) is 1.60. The first-order valence-electron chi connectivity index (χ1n) is 4.73. The molecule has 0 unspecified atom stereocenters. The SMILES string of the molecule is COc1ccccc1Cc1nc(C=O)no1. The summed E-state index contributed by atoms with van der Waals surface area (Å²) in [5.41, 5.74) is 0.936. The van der Waals surface area contributed by atoms with E-state index >= 15 is 0 Å². The number of methoxy groups -OCH3 is 1. The second-order valence-corrected chi connectivity index (χ2v) is 3.15. The van der Waals surface area contributed by atoms with Crippen LogP contribution in [0.2, 0.25) is 0 Å². The minimum Gasteiger partial charge on any atom is -0.496 e. The van der Waals surface area contributed by atoms with Gasteiger partial charge in [-0.3, -0.25) is 4.79 Å². The quantitative estimate of drug-likeness (QED) is 0.727. The summed E-state index contributed by atoms with van der Waals surface area (Å²) in [6.07, 6.45) is 1.00. The summed E-state index contributed by atoms with van der Waals surface area (Å²) in [4.78, 5) is 14.3. The highest BCUT2D eigenvalue weighted by molar-refractivity contribution is 5.68. The molecule has 5 heteroatoms. The van der Waals surface area contributed by atoms with Gasteiger partial charge in [0.2, 0.25) is 11.7 Å². The molecule has 0 aliphatic heterocycles. The Morgan fingerprint density at radius 3 is 2.94 bits per heavy atom. The van der Waals surface area contributed by atoms with E-state index in [-0.39, 0.29) is 5.82 Å². The van der Waals surface area contributed by atoms with Gasteiger partial charge in [-0.05, 0) is 6.07 Å². The van der Waals surface area contributed by atoms with Gasteiger partial charge in [-0.25, -0.2) is 0 Å². The molecule has 0 aliphatic rings. The fourth-order valence-corrected chi connectivity index (χ4v) is 1.40. The molecule has 5 nitrogen and oxygen atoms in total. The van der Waals surface area contributed by atoms with Gasteiger partial charge in [0.25, 0.3) is 0 Å². The molecule has 0 fully saturated rings. The van der Waals surface area contributed by atoms with Crippen LogP contribution in [0.1, 0.15) is 22.1 Å². The lowest BCUT2D eigenvalue weighted by atomic mass is 10.1. The van der Waals surface area contributed by atoms with Crippen LogP contribution in [0.4, 0.5) is 0 Å². The van der Waals surface area contributed by atoms with E-state index < -0.39 is 0 Å². The topological polar surface area (TPSA) is 65.2 Å². The third-order valence-electron chi connectivity index (χ3n) is 2.12. The number of aromatic nitrogens is 2. The normalized spacial score (nSPS) is 10.1. The van der Waals surface area contributed by atoms with E-state index in [1.54, 1.807) is 7.11 Å². The second kappa shape index (κ2) is 4.57. The zero-order valence-corrected chi connectivity index (χ0v) is 8.71. The van der Waals surface area contributed by atoms with Crippen molar-refractivity contribution in [1.29, 1.82) is 0 Å². The predicted molar refractivity (Wildman–Crippen MR) is 55.5 cm³/mol. The zero-order valence-electron chi connectivity index (χ0n) is 8.71. The van der Waals surface area contributed by atoms with Crippen LogP contribution in [0, 0.1) is 0 Å². The summed E-state index contributed by atoms with van der Waals surface area (Å²) in [6.45, 7) is 0. The van der Waals surface area contributed by atoms with E-state index in [0.717, 1.165) is 11.3 Å². The Labute approximate surface area is 92.0 Å². The number of nitrogens with zero attached hydrogens (tertiary/aromatic N) is 2. The van der Waals surface area contributed by atoms with Gasteiger partial charge in [-0.1, -0.05) is 23.4 Å². The van der Waals surface area contributed by atoms with Gasteiger partial charge < -0.3 is 9.26 Å². The monoisotopic (exact) mass is 218 g/mol. The third-order valence-corrected chi connectivity index (χ3v) is 2.12. The Morgan fingerprint density at radius 2 is 2.25 bits per heavy atom. The van der Waals surface area contributed by atoms with Crippen molar-refractivity contribution >= 4 is 6.29 Å². The van der Waals surface area contributed by atoms with Crippen molar-refractivity contribution in [3.05, 3.63) is 41.5 Å². The van der Waals surface area contributed by atoms with Gasteiger partial charge in [0, 0.05) is 5.56 Å². The van der Waals surface area contributed by atoms with Crippen LogP contribution < -0.4 is 4.74 Å². The largest absolute Gasteiger partial charge is 0.496 e. The Kier molecular flexibility index (Phi) is 2.95. The van der Waals surface area contributed by atoms with Crippen LogP contribution >= 0.6 is 0 Å². The molecule has 0 radical (unpaired) electrons. The molecule has 0 spiro atoms. The molecule has 0 bridgehead atoms. The maximum Gasteiger partial charge on any atom is 0.235 e. The van der Waals surface area contributed by atoms with Crippen molar-refractivity contribution in [3.8, 4) is 5.75 Å². The minimum absolute atomic E-state index is 0.0601. The van der Waals surface area contributed by atoms with E-state index in [1.807, 2.05) is 24.3 Å². The second-order valence-electron chi connectivity index (χ2n) is 3.15. The lowest BCUT2D eigenvalue weighted by molar-refractivity contribution is 0.111. The van der Waals surface area contributed by atoms with Crippen molar-refractivity contribution in [2.24, 2.45) is 0 Å². The Bertz CT molecular complexity index is 493. The van der Waals surface area contributed by atoms with Gasteiger partial charge in [0.1, 0.15) is 5.75 Å². The number of carbonyl (C=O) groups is 1. The molecule has 16 heavy (non-hydrogen) atoms. The molecule has 0 aliphatic carbocycles. The average Bonchev–Trinajstić information content (AvgIpc) is 2.77. The van der Waals surface area contributed by atoms with Gasteiger partial charge in [-0.15, -0.1) is 0 Å². The van der Waals surface area contributed by atoms with Gasteiger partial charge in [0.05, 0.1) is 13.5 Å². The maximum atomic E-state index is 10.4. The first kappa shape index (κ1) is 10.4. The fraction of sp³-hybridized carbons (Fsp3) is 0.182. The first-order chi connectivity index (χ1) is 7.83. The Morgan fingerprint density at radius 1 is 1.44 bits per heavy atom. The zero-order chi connectivity index (χ0) is 11.4. The highest BCUT2D eigenvalue weighted by Crippen LogP contribution is 2.19. The first-order valence-corrected chi connectivity index (χ1v) is 4.73. The molecule has 0 atom stereocenters. The van der Waals surface area contributed by atoms with Crippen LogP contribution in [0.3, 0.4) is 0 Å². The molecule has 0 saturated carbocycles. The van der Waals surface area contributed by atoms with Gasteiger partial charge in [0.15, 0.2) is 6.29 Å². The van der Waals surface area contributed by atoms with Gasteiger partial charge in [-0.2, -0.15) is 4.98 Å². The lowest BCUT2D eigenvalue weighted by Crippen LogP contribution is -1.94. The predicted octanol–water partition coefficient (Wildman–Crippen LogP) is 1.48. The van der Waals surface area contributed by atoms with E-state index in [4.69, 9.17) is 9.26 Å². The number of hydrogen-bond donors (Lipinski definition) is 0. The van der Waals surface area contributed by atoms with Crippen LogP contribution in [0.25, 0.3) is 0 Å². The number of para-hydroxylation sites is 1. The summed E-state index contributed by atoms with van der Waals surface area (Å²) in [5, 5.41) is 3.49. The van der Waals surface area contributed by atoms with Crippen molar-refractivity contribution < 1.29 is 14.1 Å². The molecule has 2 rings (SSSR count). The summed E-state index contributed by atoms with van der Waals surface area (Å²) in [5.74, 6) is 1.21. The molecule has 1 aromatic heterocycles. The number of ether oxygens (including phenoxy) is 1. The smallest absolute Gasteiger partial charge is 0.235 e. The van der Waals surface area contributed by atoms with Crippen LogP contribution in [0.5, 0.6) is 5.75 Å². The Balaban J connectivity index is 2.22. The van der Waals surface area contributed by atoms with Crippen LogP contribution in [-0.4, -0.2) is 23.5 Å². The summed E-state index contributed by atoms with van der Waals surface area (Å²) in [6, 6.07) is 7.54. The number of rotatable bonds is 4. The van der Waals surface area contributed by atoms with E-state index in [0.29, 0.717) is 18.6 Å². The minimum atomic E-state index is 0.0601. The molecule has 2 aromatic rings. The van der Waals surface area contributed by atoms with Gasteiger partial charge >= 0.3 is 0 Å². The van der Waals surface area contributed by atoms with Crippen LogP contribution in [0.15, 0.2) is 28.8 Å². The standard InChI is InChI=1S/C11H10N2O3/c1-15-9-5-3-2-4-8(9)6-11-12-10(7-14)13-16-11/h2-5,7H,6H2,1H3. The average molecular weight is 218 g/mol. The summed E-state index contributed by atoms with van der Waals surface area (Å²) < 4.78 is 10.1. The molecular weight excluding hydrogens is 208 g/mol. The molecule has 0 saturated heterocycles. The number of carbonyl (C=O) groups excluding carboxylic acids is 1. The number of hydrogen-bond acceptors (Lipinski definition) is 5. The molecular formula is C11H10N2O3. The summed E-state index contributed by atoms with van der Waals surface area (Å²) >= 11 is 0. The van der Waals surface area contributed by atoms with E-state index in [1.165, 1.54) is 0 Å². The highest BCUT2D eigenvalue weighted by Gasteiger charge is 2.09. The molecule has 1 aromatic carbocycles. The molecule has 82 valence electrons. The maximum absolute atomic E-state index is 10.4. The number of aldehydes is 1. The van der Waals surface area contributed by atoms with Crippen molar-refractivity contribution in [2.75, 3.05) is 7.11 Å². The van der Waals surface area contributed by atoms with E-state index in [9.17, 15) is 4.79 Å². The molecule has 0 amide bonds.